The highest BCUT2D eigenvalue weighted by atomic mass is 19.4. The Morgan fingerprint density at radius 2 is 1.24 bits per heavy atom. The minimum atomic E-state index is -4.32. The summed E-state index contributed by atoms with van der Waals surface area (Å²) in [6.45, 7) is 1.03. The van der Waals surface area contributed by atoms with Gasteiger partial charge in [0.2, 0.25) is 5.91 Å². The number of ether oxygens (including phenoxy) is 1. The van der Waals surface area contributed by atoms with Crippen molar-refractivity contribution in [1.82, 2.24) is 5.32 Å². The van der Waals surface area contributed by atoms with Gasteiger partial charge in [-0.1, -0.05) is 24.3 Å². The average Bonchev–Trinajstić information content (AvgIpc) is 2.69. The number of carbonyl (C=O) groups is 1. The molecule has 1 amide bonds. The number of hydrogen-bond acceptors (Lipinski definition) is 3. The lowest BCUT2D eigenvalue weighted by molar-refractivity contribution is -0.137. The summed E-state index contributed by atoms with van der Waals surface area (Å²) in [6.07, 6.45) is -4.32. The van der Waals surface area contributed by atoms with E-state index >= 15 is 0 Å². The highest BCUT2D eigenvalue weighted by Crippen LogP contribution is 2.29. The summed E-state index contributed by atoms with van der Waals surface area (Å²) >= 11 is 0. The first-order valence-electron chi connectivity index (χ1n) is 8.85. The third-order valence-corrected chi connectivity index (χ3v) is 4.24. The van der Waals surface area contributed by atoms with Crippen LogP contribution in [-0.4, -0.2) is 5.91 Å². The smallest absolute Gasteiger partial charge is 0.416 e. The minimum absolute atomic E-state index is 0.409. The van der Waals surface area contributed by atoms with Gasteiger partial charge in [0.25, 0.3) is 0 Å². The highest BCUT2D eigenvalue weighted by molar-refractivity contribution is 5.92. The third-order valence-electron chi connectivity index (χ3n) is 4.24. The molecule has 0 fully saturated rings. The van der Waals surface area contributed by atoms with E-state index in [1.807, 2.05) is 24.3 Å². The number of nitrogens with one attached hydrogen (secondary N) is 1. The Hall–Kier alpha value is -3.32. The van der Waals surface area contributed by atoms with E-state index in [1.165, 1.54) is 12.1 Å². The molecule has 0 atom stereocenters. The predicted molar refractivity (Wildman–Crippen MR) is 103 cm³/mol. The molecule has 3 aromatic carbocycles. The molecule has 0 aliphatic carbocycles. The number of alkyl halides is 3. The Morgan fingerprint density at radius 1 is 0.793 bits per heavy atom. The number of benzene rings is 3. The van der Waals surface area contributed by atoms with Gasteiger partial charge in [-0.25, -0.2) is 0 Å². The van der Waals surface area contributed by atoms with Crippen LogP contribution in [0.5, 0.6) is 11.5 Å². The Morgan fingerprint density at radius 3 is 1.69 bits per heavy atom. The normalized spacial score (nSPS) is 11.3. The zero-order valence-electron chi connectivity index (χ0n) is 15.4. The number of halogens is 3. The fourth-order valence-corrected chi connectivity index (χ4v) is 2.66. The predicted octanol–water partition coefficient (Wildman–Crippen LogP) is 4.89. The van der Waals surface area contributed by atoms with Gasteiger partial charge in [-0.3, -0.25) is 4.79 Å². The van der Waals surface area contributed by atoms with E-state index in [9.17, 15) is 18.0 Å². The molecule has 0 saturated heterocycles. The van der Waals surface area contributed by atoms with E-state index in [1.54, 1.807) is 24.3 Å². The van der Waals surface area contributed by atoms with Gasteiger partial charge in [-0.05, 0) is 59.7 Å². The number of carbonyl (C=O) groups excluding carboxylic acids is 1. The molecule has 0 heterocycles. The second kappa shape index (κ2) is 8.79. The number of amides is 1. The van der Waals surface area contributed by atoms with E-state index in [4.69, 9.17) is 10.5 Å². The molecule has 0 aliphatic heterocycles. The van der Waals surface area contributed by atoms with Crippen LogP contribution in [0.4, 0.5) is 13.2 Å². The van der Waals surface area contributed by atoms with E-state index in [0.29, 0.717) is 30.2 Å². The molecule has 3 N–H and O–H groups in total. The lowest BCUT2D eigenvalue weighted by Gasteiger charge is -2.09. The molecule has 0 bridgehead atoms. The van der Waals surface area contributed by atoms with Gasteiger partial charge in [0.15, 0.2) is 0 Å². The Bertz CT molecular complexity index is 951. The first kappa shape index (κ1) is 20.4. The summed E-state index contributed by atoms with van der Waals surface area (Å²) in [6, 6.07) is 19.0. The van der Waals surface area contributed by atoms with Gasteiger partial charge in [0.05, 0.1) is 5.56 Å². The first-order chi connectivity index (χ1) is 13.8. The van der Waals surface area contributed by atoms with Gasteiger partial charge in [-0.2, -0.15) is 13.2 Å². The molecular weight excluding hydrogens is 381 g/mol. The Kier molecular flexibility index (Phi) is 6.19. The Labute approximate surface area is 166 Å². The van der Waals surface area contributed by atoms with E-state index in [2.05, 4.69) is 5.32 Å². The van der Waals surface area contributed by atoms with Gasteiger partial charge in [0, 0.05) is 18.7 Å². The number of primary amides is 1. The monoisotopic (exact) mass is 400 g/mol. The molecule has 0 aromatic heterocycles. The largest absolute Gasteiger partial charge is 0.457 e. The maximum atomic E-state index is 12.6. The molecule has 3 rings (SSSR count). The van der Waals surface area contributed by atoms with Crippen LogP contribution in [0, 0.1) is 0 Å². The zero-order chi connectivity index (χ0) is 20.9. The minimum Gasteiger partial charge on any atom is -0.457 e. The van der Waals surface area contributed by atoms with Crippen molar-refractivity contribution in [2.45, 2.75) is 19.3 Å². The molecule has 0 saturated carbocycles. The quantitative estimate of drug-likeness (QED) is 0.594. The molecule has 0 unspecified atom stereocenters. The van der Waals surface area contributed by atoms with Crippen LogP contribution < -0.4 is 15.8 Å². The second-order valence-electron chi connectivity index (χ2n) is 6.43. The molecule has 0 spiro atoms. The summed E-state index contributed by atoms with van der Waals surface area (Å²) in [5.41, 5.74) is 6.74. The van der Waals surface area contributed by atoms with Gasteiger partial charge in [0.1, 0.15) is 11.5 Å². The van der Waals surface area contributed by atoms with Crippen molar-refractivity contribution in [3.8, 4) is 11.5 Å². The zero-order valence-corrected chi connectivity index (χ0v) is 15.4. The van der Waals surface area contributed by atoms with Crippen LogP contribution in [0.2, 0.25) is 0 Å². The first-order valence-corrected chi connectivity index (χ1v) is 8.85. The SMILES string of the molecule is NC(=O)c1ccc(Oc2ccc(CNCc3ccc(C(F)(F)F)cc3)cc2)cc1. The average molecular weight is 400 g/mol. The standard InChI is InChI=1S/C22H19F3N2O2/c23-22(24,25)18-7-1-15(2-8-18)13-27-14-16-3-9-19(10-4-16)29-20-11-5-17(6-12-20)21(26)28/h1-12,27H,13-14H2,(H2,26,28). The van der Waals surface area contributed by atoms with Crippen molar-refractivity contribution in [1.29, 1.82) is 0 Å². The summed E-state index contributed by atoms with van der Waals surface area (Å²) < 4.78 is 43.4. The topological polar surface area (TPSA) is 64.4 Å². The van der Waals surface area contributed by atoms with E-state index in [0.717, 1.165) is 23.3 Å². The molecule has 29 heavy (non-hydrogen) atoms. The summed E-state index contributed by atoms with van der Waals surface area (Å²) in [5, 5.41) is 3.20. The molecular formula is C22H19F3N2O2. The van der Waals surface area contributed by atoms with Crippen LogP contribution in [-0.2, 0) is 19.3 Å². The van der Waals surface area contributed by atoms with E-state index in [-0.39, 0.29) is 0 Å². The number of hydrogen-bond donors (Lipinski definition) is 2. The van der Waals surface area contributed by atoms with Gasteiger partial charge < -0.3 is 15.8 Å². The Balaban J connectivity index is 1.49. The van der Waals surface area contributed by atoms with Crippen LogP contribution >= 0.6 is 0 Å². The number of rotatable bonds is 7. The van der Waals surface area contributed by atoms with Crippen molar-refractivity contribution >= 4 is 5.91 Å². The van der Waals surface area contributed by atoms with Crippen LogP contribution in [0.15, 0.2) is 72.8 Å². The molecule has 4 nitrogen and oxygen atoms in total. The molecule has 7 heteroatoms. The van der Waals surface area contributed by atoms with Crippen molar-refractivity contribution in [3.05, 3.63) is 95.1 Å². The van der Waals surface area contributed by atoms with Crippen LogP contribution in [0.3, 0.4) is 0 Å². The maximum absolute atomic E-state index is 12.6. The van der Waals surface area contributed by atoms with E-state index < -0.39 is 17.6 Å². The molecule has 0 radical (unpaired) electrons. The summed E-state index contributed by atoms with van der Waals surface area (Å²) in [5.74, 6) is 0.733. The molecule has 150 valence electrons. The van der Waals surface area contributed by atoms with Gasteiger partial charge in [-0.15, -0.1) is 0 Å². The van der Waals surface area contributed by atoms with Crippen molar-refractivity contribution < 1.29 is 22.7 Å². The third kappa shape index (κ3) is 5.83. The van der Waals surface area contributed by atoms with Crippen molar-refractivity contribution in [2.75, 3.05) is 0 Å². The van der Waals surface area contributed by atoms with Gasteiger partial charge >= 0.3 is 6.18 Å². The molecule has 0 aliphatic rings. The lowest BCUT2D eigenvalue weighted by Crippen LogP contribution is -2.13. The number of nitrogens with two attached hydrogens (primary N) is 1. The van der Waals surface area contributed by atoms with Crippen LogP contribution in [0.1, 0.15) is 27.0 Å². The van der Waals surface area contributed by atoms with Crippen molar-refractivity contribution in [3.63, 3.8) is 0 Å². The fourth-order valence-electron chi connectivity index (χ4n) is 2.66. The molecule has 3 aromatic rings. The lowest BCUT2D eigenvalue weighted by atomic mass is 10.1. The van der Waals surface area contributed by atoms with Crippen molar-refractivity contribution in [2.24, 2.45) is 5.73 Å². The fraction of sp³-hybridized carbons (Fsp3) is 0.136. The summed E-state index contributed by atoms with van der Waals surface area (Å²) in [4.78, 5) is 11.1. The summed E-state index contributed by atoms with van der Waals surface area (Å²) in [7, 11) is 0. The second-order valence-corrected chi connectivity index (χ2v) is 6.43. The van der Waals surface area contributed by atoms with Crippen LogP contribution in [0.25, 0.3) is 0 Å². The highest BCUT2D eigenvalue weighted by Gasteiger charge is 2.29. The maximum Gasteiger partial charge on any atom is 0.416 e.